The zero-order valence-corrected chi connectivity index (χ0v) is 12.4. The van der Waals surface area contributed by atoms with Gasteiger partial charge < -0.3 is 10.5 Å². The van der Waals surface area contributed by atoms with Crippen molar-refractivity contribution in [3.05, 3.63) is 29.3 Å². The van der Waals surface area contributed by atoms with Gasteiger partial charge in [-0.15, -0.1) is 13.2 Å². The van der Waals surface area contributed by atoms with Crippen LogP contribution in [0.5, 0.6) is 5.75 Å². The predicted octanol–water partition coefficient (Wildman–Crippen LogP) is 4.11. The van der Waals surface area contributed by atoms with Gasteiger partial charge in [-0.3, -0.25) is 0 Å². The van der Waals surface area contributed by atoms with Gasteiger partial charge in [-0.2, -0.15) is 0 Å². The van der Waals surface area contributed by atoms with Crippen molar-refractivity contribution in [2.75, 3.05) is 6.54 Å². The Morgan fingerprint density at radius 2 is 1.76 bits per heavy atom. The van der Waals surface area contributed by atoms with E-state index < -0.39 is 12.5 Å². The SMILES string of the molecule is CC(C)(C)c1cc(CC[C@@H](F)CN)cc(OC(F)(F)F)c1. The largest absolute Gasteiger partial charge is 0.573 e. The molecule has 0 heterocycles. The van der Waals surface area contributed by atoms with Crippen LogP contribution in [0.4, 0.5) is 17.6 Å². The van der Waals surface area contributed by atoms with Crippen LogP contribution in [0.25, 0.3) is 0 Å². The van der Waals surface area contributed by atoms with Gasteiger partial charge in [0.25, 0.3) is 0 Å². The first-order valence-electron chi connectivity index (χ1n) is 6.75. The Balaban J connectivity index is 3.04. The van der Waals surface area contributed by atoms with Crippen molar-refractivity contribution in [1.82, 2.24) is 0 Å². The first-order valence-corrected chi connectivity index (χ1v) is 6.75. The monoisotopic (exact) mass is 307 g/mol. The normalized spacial score (nSPS) is 14.1. The quantitative estimate of drug-likeness (QED) is 0.831. The number of ether oxygens (including phenoxy) is 1. The second kappa shape index (κ2) is 6.64. The van der Waals surface area contributed by atoms with Gasteiger partial charge in [0.2, 0.25) is 0 Å². The highest BCUT2D eigenvalue weighted by atomic mass is 19.4. The minimum atomic E-state index is -4.74. The van der Waals surface area contributed by atoms with E-state index in [9.17, 15) is 17.6 Å². The van der Waals surface area contributed by atoms with Crippen LogP contribution in [0.15, 0.2) is 18.2 Å². The molecule has 0 fully saturated rings. The molecule has 6 heteroatoms. The van der Waals surface area contributed by atoms with Crippen molar-refractivity contribution in [1.29, 1.82) is 0 Å². The number of aryl methyl sites for hydroxylation is 1. The summed E-state index contributed by atoms with van der Waals surface area (Å²) < 4.78 is 54.3. The van der Waals surface area contributed by atoms with Crippen molar-refractivity contribution in [3.8, 4) is 5.75 Å². The molecule has 0 radical (unpaired) electrons. The molecule has 0 aromatic heterocycles. The van der Waals surface area contributed by atoms with Gasteiger partial charge in [0.15, 0.2) is 0 Å². The fourth-order valence-corrected chi connectivity index (χ4v) is 1.87. The van der Waals surface area contributed by atoms with E-state index in [1.165, 1.54) is 12.1 Å². The number of rotatable bonds is 5. The Hall–Kier alpha value is -1.30. The van der Waals surface area contributed by atoms with Crippen LogP contribution < -0.4 is 10.5 Å². The van der Waals surface area contributed by atoms with Gasteiger partial charge in [-0.05, 0) is 41.5 Å². The van der Waals surface area contributed by atoms with Gasteiger partial charge in [-0.25, -0.2) is 4.39 Å². The van der Waals surface area contributed by atoms with E-state index in [1.54, 1.807) is 6.07 Å². The van der Waals surface area contributed by atoms with E-state index in [0.29, 0.717) is 17.5 Å². The lowest BCUT2D eigenvalue weighted by Crippen LogP contribution is -2.19. The van der Waals surface area contributed by atoms with E-state index in [-0.39, 0.29) is 24.1 Å². The predicted molar refractivity (Wildman–Crippen MR) is 74.1 cm³/mol. The Labute approximate surface area is 122 Å². The van der Waals surface area contributed by atoms with E-state index in [2.05, 4.69) is 4.74 Å². The van der Waals surface area contributed by atoms with Gasteiger partial charge in [0.05, 0.1) is 0 Å². The van der Waals surface area contributed by atoms with E-state index in [0.717, 1.165) is 0 Å². The maximum Gasteiger partial charge on any atom is 0.573 e. The molecule has 0 spiro atoms. The summed E-state index contributed by atoms with van der Waals surface area (Å²) in [6.45, 7) is 5.58. The number of benzene rings is 1. The zero-order valence-electron chi connectivity index (χ0n) is 12.4. The minimum Gasteiger partial charge on any atom is -0.406 e. The molecule has 0 aliphatic carbocycles. The number of nitrogens with two attached hydrogens (primary N) is 1. The fourth-order valence-electron chi connectivity index (χ4n) is 1.87. The highest BCUT2D eigenvalue weighted by Crippen LogP contribution is 2.31. The summed E-state index contributed by atoms with van der Waals surface area (Å²) in [5, 5.41) is 0. The van der Waals surface area contributed by atoms with E-state index in [4.69, 9.17) is 5.73 Å². The molecule has 120 valence electrons. The summed E-state index contributed by atoms with van der Waals surface area (Å²) in [6, 6.07) is 4.45. The highest BCUT2D eigenvalue weighted by Gasteiger charge is 2.31. The molecule has 1 aromatic rings. The molecular weight excluding hydrogens is 286 g/mol. The van der Waals surface area contributed by atoms with Crippen LogP contribution in [0.1, 0.15) is 38.3 Å². The molecule has 0 aliphatic heterocycles. The first kappa shape index (κ1) is 17.8. The van der Waals surface area contributed by atoms with E-state index >= 15 is 0 Å². The molecule has 0 amide bonds. The lowest BCUT2D eigenvalue weighted by atomic mass is 9.85. The molecule has 21 heavy (non-hydrogen) atoms. The number of hydrogen-bond acceptors (Lipinski definition) is 2. The molecular formula is C15H21F4NO. The topological polar surface area (TPSA) is 35.2 Å². The summed E-state index contributed by atoms with van der Waals surface area (Å²) in [6.07, 6.45) is -5.41. The molecule has 1 aromatic carbocycles. The lowest BCUT2D eigenvalue weighted by molar-refractivity contribution is -0.274. The molecule has 0 bridgehead atoms. The molecule has 2 nitrogen and oxygen atoms in total. The number of alkyl halides is 4. The van der Waals surface area contributed by atoms with Crippen molar-refractivity contribution < 1.29 is 22.3 Å². The van der Waals surface area contributed by atoms with Crippen LogP contribution in [-0.4, -0.2) is 19.1 Å². The minimum absolute atomic E-state index is 0.0924. The maximum atomic E-state index is 13.2. The smallest absolute Gasteiger partial charge is 0.406 e. The second-order valence-corrected chi connectivity index (χ2v) is 6.04. The summed E-state index contributed by atoms with van der Waals surface area (Å²) in [4.78, 5) is 0. The van der Waals surface area contributed by atoms with Gasteiger partial charge in [0.1, 0.15) is 11.9 Å². The number of hydrogen-bond donors (Lipinski definition) is 1. The summed E-state index contributed by atoms with van der Waals surface area (Å²) >= 11 is 0. The van der Waals surface area contributed by atoms with Crippen LogP contribution >= 0.6 is 0 Å². The average molecular weight is 307 g/mol. The average Bonchev–Trinajstić information content (AvgIpc) is 2.32. The Bertz CT molecular complexity index is 466. The third-order valence-electron chi connectivity index (χ3n) is 3.07. The van der Waals surface area contributed by atoms with Crippen molar-refractivity contribution in [2.24, 2.45) is 5.73 Å². The van der Waals surface area contributed by atoms with Crippen LogP contribution in [0.3, 0.4) is 0 Å². The maximum absolute atomic E-state index is 13.2. The van der Waals surface area contributed by atoms with Gasteiger partial charge in [0, 0.05) is 6.54 Å². The fraction of sp³-hybridized carbons (Fsp3) is 0.600. The highest BCUT2D eigenvalue weighted by molar-refractivity contribution is 5.38. The Morgan fingerprint density at radius 1 is 1.14 bits per heavy atom. The third-order valence-corrected chi connectivity index (χ3v) is 3.07. The Kier molecular flexibility index (Phi) is 5.61. The second-order valence-electron chi connectivity index (χ2n) is 6.04. The molecule has 1 atom stereocenters. The molecule has 1 rings (SSSR count). The van der Waals surface area contributed by atoms with Crippen LogP contribution in [0, 0.1) is 0 Å². The third kappa shape index (κ3) is 6.33. The molecule has 0 saturated carbocycles. The summed E-state index contributed by atoms with van der Waals surface area (Å²) in [5.74, 6) is -0.270. The lowest BCUT2D eigenvalue weighted by Gasteiger charge is -2.22. The van der Waals surface area contributed by atoms with Crippen LogP contribution in [-0.2, 0) is 11.8 Å². The summed E-state index contributed by atoms with van der Waals surface area (Å²) in [5.41, 5.74) is 6.19. The molecule has 0 aliphatic rings. The van der Waals surface area contributed by atoms with Crippen molar-refractivity contribution in [2.45, 2.75) is 51.6 Å². The van der Waals surface area contributed by atoms with E-state index in [1.807, 2.05) is 20.8 Å². The molecule has 0 unspecified atom stereocenters. The first-order chi connectivity index (χ1) is 9.51. The van der Waals surface area contributed by atoms with Crippen LogP contribution in [0.2, 0.25) is 0 Å². The molecule has 2 N–H and O–H groups in total. The zero-order chi connectivity index (χ0) is 16.3. The Morgan fingerprint density at radius 3 is 2.24 bits per heavy atom. The van der Waals surface area contributed by atoms with Gasteiger partial charge >= 0.3 is 6.36 Å². The van der Waals surface area contributed by atoms with Gasteiger partial charge in [-0.1, -0.05) is 26.8 Å². The van der Waals surface area contributed by atoms with Crippen molar-refractivity contribution in [3.63, 3.8) is 0 Å². The molecule has 0 saturated heterocycles. The standard InChI is InChI=1S/C15H21F4NO/c1-14(2,3)11-6-10(4-5-12(16)9-20)7-13(8-11)21-15(17,18)19/h6-8,12H,4-5,9,20H2,1-3H3/t12-/m1/s1. The summed E-state index contributed by atoms with van der Waals surface area (Å²) in [7, 11) is 0. The number of halogens is 4. The van der Waals surface area contributed by atoms with Crippen molar-refractivity contribution >= 4 is 0 Å².